The molecule has 1 aromatic heterocycles. The van der Waals surface area contributed by atoms with Crippen LogP contribution in [0.4, 0.5) is 0 Å². The Morgan fingerprint density at radius 1 is 1.43 bits per heavy atom. The van der Waals surface area contributed by atoms with Crippen LogP contribution < -0.4 is 0 Å². The zero-order valence-electron chi connectivity index (χ0n) is 8.95. The van der Waals surface area contributed by atoms with Crippen molar-refractivity contribution in [1.82, 2.24) is 4.98 Å². The summed E-state index contributed by atoms with van der Waals surface area (Å²) in [5.41, 5.74) is 0.971. The molecule has 1 N–H and O–H groups in total. The summed E-state index contributed by atoms with van der Waals surface area (Å²) < 4.78 is 0. The molecule has 0 saturated carbocycles. The highest BCUT2D eigenvalue weighted by molar-refractivity contribution is 5.85. The predicted molar refractivity (Wildman–Crippen MR) is 56.5 cm³/mol. The molecule has 0 radical (unpaired) electrons. The molecular formula is C11H17NO2. The number of rotatable bonds is 3. The summed E-state index contributed by atoms with van der Waals surface area (Å²) in [5.74, 6) is -0.965. The first-order valence-corrected chi connectivity index (χ1v) is 4.93. The quantitative estimate of drug-likeness (QED) is 0.806. The van der Waals surface area contributed by atoms with Gasteiger partial charge in [0.25, 0.3) is 0 Å². The summed E-state index contributed by atoms with van der Waals surface area (Å²) in [6.07, 6.45) is 1.82. The van der Waals surface area contributed by atoms with Crippen LogP contribution in [0.25, 0.3) is 0 Å². The van der Waals surface area contributed by atoms with E-state index < -0.39 is 5.97 Å². The fraction of sp³-hybridized carbons (Fsp3) is 0.455. The molecule has 0 bridgehead atoms. The van der Waals surface area contributed by atoms with Crippen LogP contribution in [0, 0.1) is 0 Å². The number of aryl methyl sites for hydroxylation is 1. The number of carboxylic acids is 1. The third-order valence-corrected chi connectivity index (χ3v) is 1.53. The molecule has 1 rings (SSSR count). The Labute approximate surface area is 84.8 Å². The summed E-state index contributed by atoms with van der Waals surface area (Å²) in [7, 11) is 0. The lowest BCUT2D eigenvalue weighted by atomic mass is 10.2. The van der Waals surface area contributed by atoms with Gasteiger partial charge in [-0.1, -0.05) is 33.3 Å². The van der Waals surface area contributed by atoms with Gasteiger partial charge in [0, 0.05) is 5.69 Å². The molecular weight excluding hydrogens is 178 g/mol. The van der Waals surface area contributed by atoms with E-state index in [1.54, 1.807) is 6.07 Å². The summed E-state index contributed by atoms with van der Waals surface area (Å²) in [6.45, 7) is 6.04. The molecule has 0 saturated heterocycles. The van der Waals surface area contributed by atoms with Crippen molar-refractivity contribution in [3.8, 4) is 0 Å². The zero-order valence-corrected chi connectivity index (χ0v) is 8.95. The molecule has 1 aromatic rings. The molecule has 0 amide bonds. The van der Waals surface area contributed by atoms with Crippen molar-refractivity contribution in [2.75, 3.05) is 0 Å². The Bertz CT molecular complexity index is 284. The van der Waals surface area contributed by atoms with Crippen LogP contribution in [0.5, 0.6) is 0 Å². The number of nitrogens with zero attached hydrogens (tertiary/aromatic N) is 1. The lowest BCUT2D eigenvalue weighted by Gasteiger charge is -1.98. The molecule has 0 atom stereocenters. The average Bonchev–Trinajstić information content (AvgIpc) is 2.22. The molecule has 0 aliphatic rings. The highest BCUT2D eigenvalue weighted by Gasteiger charge is 2.03. The molecule has 0 aliphatic heterocycles. The lowest BCUT2D eigenvalue weighted by molar-refractivity contribution is 0.0690. The Balaban J connectivity index is 0.000000791. The minimum Gasteiger partial charge on any atom is -0.477 e. The van der Waals surface area contributed by atoms with E-state index in [-0.39, 0.29) is 5.69 Å². The highest BCUT2D eigenvalue weighted by atomic mass is 16.4. The van der Waals surface area contributed by atoms with Crippen molar-refractivity contribution < 1.29 is 9.90 Å². The second-order valence-electron chi connectivity index (χ2n) is 2.57. The van der Waals surface area contributed by atoms with Crippen LogP contribution in [0.3, 0.4) is 0 Å². The fourth-order valence-corrected chi connectivity index (χ4v) is 0.994. The number of pyridine rings is 1. The van der Waals surface area contributed by atoms with Gasteiger partial charge in [0.1, 0.15) is 5.69 Å². The molecule has 0 aromatic carbocycles. The van der Waals surface area contributed by atoms with Gasteiger partial charge in [-0.3, -0.25) is 0 Å². The van der Waals surface area contributed by atoms with Crippen LogP contribution in [-0.4, -0.2) is 16.1 Å². The van der Waals surface area contributed by atoms with Gasteiger partial charge in [0.2, 0.25) is 0 Å². The maximum Gasteiger partial charge on any atom is 0.354 e. The first-order chi connectivity index (χ1) is 6.74. The van der Waals surface area contributed by atoms with Crippen molar-refractivity contribution in [2.24, 2.45) is 0 Å². The second kappa shape index (κ2) is 7.06. The fourth-order valence-electron chi connectivity index (χ4n) is 0.994. The van der Waals surface area contributed by atoms with Crippen molar-refractivity contribution in [1.29, 1.82) is 0 Å². The van der Waals surface area contributed by atoms with Crippen molar-refractivity contribution in [3.05, 3.63) is 29.6 Å². The van der Waals surface area contributed by atoms with E-state index in [0.717, 1.165) is 18.5 Å². The highest BCUT2D eigenvalue weighted by Crippen LogP contribution is 2.01. The first-order valence-electron chi connectivity index (χ1n) is 4.93. The standard InChI is InChI=1S/C9H11NO2.C2H6/c1-2-4-7-5-3-6-8(10-7)9(11)12;1-2/h3,5-6H,2,4H2,1H3,(H,11,12);1-2H3. The monoisotopic (exact) mass is 195 g/mol. The van der Waals surface area contributed by atoms with Gasteiger partial charge in [-0.05, 0) is 18.6 Å². The number of hydrogen-bond donors (Lipinski definition) is 1. The van der Waals surface area contributed by atoms with E-state index >= 15 is 0 Å². The van der Waals surface area contributed by atoms with E-state index in [0.29, 0.717) is 0 Å². The van der Waals surface area contributed by atoms with E-state index in [1.165, 1.54) is 6.07 Å². The average molecular weight is 195 g/mol. The Morgan fingerprint density at radius 2 is 2.07 bits per heavy atom. The van der Waals surface area contributed by atoms with Crippen molar-refractivity contribution >= 4 is 5.97 Å². The smallest absolute Gasteiger partial charge is 0.354 e. The molecule has 3 heteroatoms. The molecule has 1 heterocycles. The topological polar surface area (TPSA) is 50.2 Å². The number of aromatic carboxylic acids is 1. The largest absolute Gasteiger partial charge is 0.477 e. The van der Waals surface area contributed by atoms with Gasteiger partial charge in [-0.15, -0.1) is 0 Å². The molecule has 14 heavy (non-hydrogen) atoms. The van der Waals surface area contributed by atoms with E-state index in [1.807, 2.05) is 26.8 Å². The van der Waals surface area contributed by atoms with Gasteiger partial charge in [-0.2, -0.15) is 0 Å². The number of hydrogen-bond acceptors (Lipinski definition) is 2. The van der Waals surface area contributed by atoms with Gasteiger partial charge < -0.3 is 5.11 Å². The lowest BCUT2D eigenvalue weighted by Crippen LogP contribution is -2.02. The summed E-state index contributed by atoms with van der Waals surface area (Å²) in [4.78, 5) is 14.5. The molecule has 0 aliphatic carbocycles. The Morgan fingerprint density at radius 3 is 2.57 bits per heavy atom. The Hall–Kier alpha value is -1.38. The first kappa shape index (κ1) is 12.6. The molecule has 3 nitrogen and oxygen atoms in total. The third kappa shape index (κ3) is 4.03. The van der Waals surface area contributed by atoms with Gasteiger partial charge in [0.05, 0.1) is 0 Å². The zero-order chi connectivity index (χ0) is 11.0. The van der Waals surface area contributed by atoms with Crippen LogP contribution in [0.1, 0.15) is 43.4 Å². The summed E-state index contributed by atoms with van der Waals surface area (Å²) in [6, 6.07) is 5.07. The normalized spacial score (nSPS) is 8.79. The van der Waals surface area contributed by atoms with Crippen molar-refractivity contribution in [3.63, 3.8) is 0 Å². The van der Waals surface area contributed by atoms with E-state index in [9.17, 15) is 4.79 Å². The second-order valence-corrected chi connectivity index (χ2v) is 2.57. The maximum absolute atomic E-state index is 10.5. The predicted octanol–water partition coefficient (Wildman–Crippen LogP) is 2.76. The molecule has 0 spiro atoms. The van der Waals surface area contributed by atoms with Gasteiger partial charge in [-0.25, -0.2) is 9.78 Å². The summed E-state index contributed by atoms with van der Waals surface area (Å²) >= 11 is 0. The van der Waals surface area contributed by atoms with Gasteiger partial charge in [0.15, 0.2) is 0 Å². The summed E-state index contributed by atoms with van der Waals surface area (Å²) in [5, 5.41) is 8.61. The van der Waals surface area contributed by atoms with Gasteiger partial charge >= 0.3 is 5.97 Å². The van der Waals surface area contributed by atoms with Crippen LogP contribution in [0.15, 0.2) is 18.2 Å². The number of carbonyl (C=O) groups is 1. The minimum absolute atomic E-state index is 0.126. The SMILES string of the molecule is CC.CCCc1cccc(C(=O)O)n1. The Kier molecular flexibility index (Phi) is 6.37. The number of aromatic nitrogens is 1. The number of carboxylic acid groups (broad SMARTS) is 1. The maximum atomic E-state index is 10.5. The molecule has 0 fully saturated rings. The van der Waals surface area contributed by atoms with Crippen LogP contribution in [-0.2, 0) is 6.42 Å². The van der Waals surface area contributed by atoms with Crippen LogP contribution in [0.2, 0.25) is 0 Å². The van der Waals surface area contributed by atoms with Crippen LogP contribution >= 0.6 is 0 Å². The molecule has 0 unspecified atom stereocenters. The van der Waals surface area contributed by atoms with E-state index in [2.05, 4.69) is 4.98 Å². The molecule has 78 valence electrons. The third-order valence-electron chi connectivity index (χ3n) is 1.53. The van der Waals surface area contributed by atoms with E-state index in [4.69, 9.17) is 5.11 Å². The van der Waals surface area contributed by atoms with Crippen molar-refractivity contribution in [2.45, 2.75) is 33.6 Å². The minimum atomic E-state index is -0.965.